The third-order valence-corrected chi connectivity index (χ3v) is 20.1. The zero-order chi connectivity index (χ0) is 74.5. The van der Waals surface area contributed by atoms with Crippen LogP contribution in [0.3, 0.4) is 0 Å². The first-order valence-corrected chi connectivity index (χ1v) is 34.8. The number of hydrogen-bond acceptors (Lipinski definition) is 17. The smallest absolute Gasteiger partial charge is 0.308 e. The molecule has 3 aliphatic heterocycles. The van der Waals surface area contributed by atoms with Gasteiger partial charge < -0.3 is 44.1 Å². The van der Waals surface area contributed by atoms with Gasteiger partial charge in [-0.15, -0.1) is 0 Å². The number of halogens is 6. The highest BCUT2D eigenvalue weighted by Gasteiger charge is 2.42. The van der Waals surface area contributed by atoms with E-state index in [2.05, 4.69) is 40.5 Å². The van der Waals surface area contributed by atoms with E-state index in [9.17, 15) is 55.1 Å². The van der Waals surface area contributed by atoms with Gasteiger partial charge in [0.1, 0.15) is 63.7 Å². The molecule has 21 nitrogen and oxygen atoms in total. The van der Waals surface area contributed by atoms with Crippen molar-refractivity contribution in [3.05, 3.63) is 188 Å². The summed E-state index contributed by atoms with van der Waals surface area (Å²) in [6.45, 7) is 5.44. The van der Waals surface area contributed by atoms with Crippen LogP contribution < -0.4 is 29.6 Å². The maximum atomic E-state index is 14.7. The van der Waals surface area contributed by atoms with Crippen LogP contribution in [0.4, 0.5) is 26.3 Å². The molecule has 0 spiro atoms. The molecule has 3 saturated carbocycles. The van der Waals surface area contributed by atoms with Gasteiger partial charge in [-0.25, -0.2) is 56.2 Å². The number of methoxy groups -OCH3 is 5. The van der Waals surface area contributed by atoms with Crippen LogP contribution in [0.15, 0.2) is 91.0 Å². The van der Waals surface area contributed by atoms with Crippen LogP contribution in [0.1, 0.15) is 142 Å². The fourth-order valence-corrected chi connectivity index (χ4v) is 14.5. The van der Waals surface area contributed by atoms with Gasteiger partial charge in [0.05, 0.1) is 142 Å². The number of aromatic nitrogens is 6. The van der Waals surface area contributed by atoms with Crippen LogP contribution in [-0.4, -0.2) is 117 Å². The van der Waals surface area contributed by atoms with Crippen LogP contribution >= 0.6 is 0 Å². The number of ketones is 1. The predicted octanol–water partition coefficient (Wildman–Crippen LogP) is 12.2. The maximum Gasteiger partial charge on any atom is 0.308 e. The summed E-state index contributed by atoms with van der Waals surface area (Å²) in [6.07, 6.45) is 6.77. The lowest BCUT2D eigenvalue weighted by atomic mass is 9.70. The number of Topliss-reactive ketones (excluding diaryl/α,β-unsaturated/α-hetero) is 1. The average molecular weight is 1450 g/mol. The fourth-order valence-electron chi connectivity index (χ4n) is 14.5. The van der Waals surface area contributed by atoms with Gasteiger partial charge in [-0.2, -0.15) is 0 Å². The second-order valence-corrected chi connectivity index (χ2v) is 26.9. The molecule has 0 unspecified atom stereocenters. The molecule has 0 saturated heterocycles. The average Bonchev–Trinajstić information content (AvgIpc) is 1.74. The van der Waals surface area contributed by atoms with Crippen LogP contribution in [0.25, 0.3) is 34.2 Å². The Hall–Kier alpha value is -10.9. The topological polar surface area (TPSA) is 256 Å². The first kappa shape index (κ1) is 73.9. The van der Waals surface area contributed by atoms with Crippen molar-refractivity contribution in [1.29, 1.82) is 0 Å². The molecule has 5 aromatic carbocycles. The Labute approximate surface area is 601 Å². The lowest BCUT2D eigenvalue weighted by Crippen LogP contribution is -2.39. The number of ether oxygens (including phenoxy) is 5. The Kier molecular flexibility index (Phi) is 22.5. The number of fused-ring (bicyclic) bond motifs is 3. The highest BCUT2D eigenvalue weighted by molar-refractivity contribution is 6.00. The number of carbonyl (C=O) groups is 6. The van der Waals surface area contributed by atoms with Crippen molar-refractivity contribution < 1.29 is 78.8 Å². The van der Waals surface area contributed by atoms with Crippen LogP contribution in [0.5, 0.6) is 23.0 Å². The summed E-state index contributed by atoms with van der Waals surface area (Å²) in [6, 6.07) is 21.5. The first-order chi connectivity index (χ1) is 50.6. The number of nitrogens with one attached hydrogen (secondary N) is 2. The van der Waals surface area contributed by atoms with E-state index >= 15 is 0 Å². The van der Waals surface area contributed by atoms with Crippen molar-refractivity contribution in [1.82, 2.24) is 50.3 Å². The Morgan fingerprint density at radius 3 is 1.26 bits per heavy atom. The van der Waals surface area contributed by atoms with E-state index in [0.29, 0.717) is 138 Å². The van der Waals surface area contributed by atoms with Gasteiger partial charge >= 0.3 is 5.97 Å². The third kappa shape index (κ3) is 15.7. The van der Waals surface area contributed by atoms with Gasteiger partial charge in [0, 0.05) is 48.1 Å². The van der Waals surface area contributed by atoms with Gasteiger partial charge in [0.2, 0.25) is 5.91 Å². The van der Waals surface area contributed by atoms with E-state index in [4.69, 9.17) is 23.7 Å². The predicted molar refractivity (Wildman–Crippen MR) is 370 cm³/mol. The van der Waals surface area contributed by atoms with Crippen LogP contribution in [-0.2, 0) is 71.1 Å². The summed E-state index contributed by atoms with van der Waals surface area (Å²) >= 11 is 0. The SMILES string of the molecule is CCCC(=O)C1CC(Cc2nc(-c3c(F)cccc3F)nc3c2C(=O)NC3)C1.CCNC(=O)C1CC(Cc2nc(-c3c(F)cccc3F)nc3c2C(=O)N(Cc2ccc(OC)cc2OC)C3)C1.COC(=O)C1CC(Cc2nc(-c3c(F)cccc3F)nc3c2C(=O)N(Cc2ccc(OC)cc2OC)C3)C1. The van der Waals surface area contributed by atoms with Crippen molar-refractivity contribution in [2.75, 3.05) is 42.1 Å². The second kappa shape index (κ2) is 32.0. The lowest BCUT2D eigenvalue weighted by molar-refractivity contribution is -0.150. The molecule has 8 aromatic rings. The van der Waals surface area contributed by atoms with E-state index in [0.717, 1.165) is 66.8 Å². The molecule has 105 heavy (non-hydrogen) atoms. The van der Waals surface area contributed by atoms with E-state index in [1.807, 2.05) is 26.0 Å². The molecule has 0 atom stereocenters. The zero-order valence-corrected chi connectivity index (χ0v) is 59.0. The summed E-state index contributed by atoms with van der Waals surface area (Å²) in [5.41, 5.74) is 4.41. The Morgan fingerprint density at radius 1 is 0.486 bits per heavy atom. The summed E-state index contributed by atoms with van der Waals surface area (Å²) in [7, 11) is 7.56. The molecule has 3 fully saturated rings. The van der Waals surface area contributed by atoms with E-state index in [1.165, 1.54) is 32.4 Å². The van der Waals surface area contributed by atoms with E-state index < -0.39 is 34.9 Å². The number of carbonyl (C=O) groups excluding carboxylic acids is 6. The van der Waals surface area contributed by atoms with Crippen molar-refractivity contribution >= 4 is 35.4 Å². The normalized spacial score (nSPS) is 18.7. The van der Waals surface area contributed by atoms with Gasteiger partial charge in [0.15, 0.2) is 17.5 Å². The largest absolute Gasteiger partial charge is 0.497 e. The quantitative estimate of drug-likeness (QED) is 0.0446. The third-order valence-electron chi connectivity index (χ3n) is 20.1. The first-order valence-electron chi connectivity index (χ1n) is 34.8. The molecule has 0 bridgehead atoms. The van der Waals surface area contributed by atoms with Gasteiger partial charge in [-0.05, 0) is 150 Å². The molecule has 6 aliphatic rings. The number of hydrogen-bond donors (Lipinski definition) is 2. The van der Waals surface area contributed by atoms with E-state index in [-0.39, 0.29) is 132 Å². The Morgan fingerprint density at radius 2 is 0.876 bits per heavy atom. The van der Waals surface area contributed by atoms with Crippen molar-refractivity contribution in [3.63, 3.8) is 0 Å². The summed E-state index contributed by atoms with van der Waals surface area (Å²) < 4.78 is 113. The molecule has 14 rings (SSSR count). The number of nitrogens with zero attached hydrogens (tertiary/aromatic N) is 8. The molecule has 3 aliphatic carbocycles. The molecule has 2 N–H and O–H groups in total. The number of benzene rings is 5. The van der Waals surface area contributed by atoms with Crippen molar-refractivity contribution in [2.45, 2.75) is 117 Å². The Balaban J connectivity index is 0.000000150. The standard InChI is InChI=1S/C29H30F2N4O4.C28H27F2N3O5.C21H21F2N3O2/c1-4-32-28(36)18-10-16(11-18)12-22-26-23(34-27(33-22)25-20(30)6-5-7-21(25)31)15-35(29(26)37)14-17-8-9-19(38-2)13-24(17)39-3;1-36-18-8-7-16(23(12-18)37-2)13-33-14-22-25(27(33)34)21(11-15-9-17(10-15)28(35)38-3)31-26(32-22)24-19(29)5-4-6-20(24)30;1-2-4-17(27)12-7-11(8-12)9-15-19-16(10-24-21(19)28)26-20(25-15)18-13(22)5-3-6-14(18)23/h5-9,13,16,18H,4,10-12,14-15H2,1-3H3,(H,32,36);4-8,12,15,17H,9-11,13-14H2,1-3H3;3,5-6,11-12H,2,4,7-10H2,1H3,(H,24,28). The van der Waals surface area contributed by atoms with Crippen molar-refractivity contribution in [2.24, 2.45) is 35.5 Å². The minimum absolute atomic E-state index is 0.0199. The molecule has 3 aromatic heterocycles. The monoisotopic (exact) mass is 1440 g/mol. The maximum absolute atomic E-state index is 14.7. The molecule has 0 radical (unpaired) electrons. The molecular weight excluding hydrogens is 1370 g/mol. The molecule has 6 heterocycles. The van der Waals surface area contributed by atoms with Gasteiger partial charge in [0.25, 0.3) is 17.7 Å². The Bertz CT molecular complexity index is 4640. The summed E-state index contributed by atoms with van der Waals surface area (Å²) in [5.74, 6) is -2.92. The zero-order valence-electron chi connectivity index (χ0n) is 59.0. The molecule has 4 amide bonds. The highest BCUT2D eigenvalue weighted by atomic mass is 19.2. The minimum Gasteiger partial charge on any atom is -0.497 e. The second-order valence-electron chi connectivity index (χ2n) is 26.9. The summed E-state index contributed by atoms with van der Waals surface area (Å²) in [4.78, 5) is 105. The number of esters is 1. The van der Waals surface area contributed by atoms with Crippen LogP contribution in [0.2, 0.25) is 0 Å². The fraction of sp³-hybridized carbons (Fsp3) is 0.385. The minimum atomic E-state index is -0.783. The van der Waals surface area contributed by atoms with Gasteiger partial charge in [-0.3, -0.25) is 28.8 Å². The molecular formula is C78H78F6N10O11. The lowest BCUT2D eigenvalue weighted by Gasteiger charge is -2.34. The van der Waals surface area contributed by atoms with Crippen LogP contribution in [0, 0.1) is 70.4 Å². The molecule has 548 valence electrons. The molecule has 27 heteroatoms. The highest BCUT2D eigenvalue weighted by Crippen LogP contribution is 2.43. The number of amides is 4. The number of rotatable bonds is 23. The van der Waals surface area contributed by atoms with E-state index in [1.54, 1.807) is 55.4 Å². The van der Waals surface area contributed by atoms with Crippen molar-refractivity contribution in [3.8, 4) is 57.2 Å². The summed E-state index contributed by atoms with van der Waals surface area (Å²) in [5, 5.41) is 5.55. The van der Waals surface area contributed by atoms with Gasteiger partial charge in [-0.1, -0.05) is 25.1 Å².